The van der Waals surface area contributed by atoms with Crippen molar-refractivity contribution < 1.29 is 18.7 Å². The van der Waals surface area contributed by atoms with Gasteiger partial charge < -0.3 is 25.0 Å². The largest absolute Gasteiger partial charge is 0.480 e. The lowest BCUT2D eigenvalue weighted by molar-refractivity contribution is -0.118. The van der Waals surface area contributed by atoms with E-state index in [-0.39, 0.29) is 18.4 Å². The van der Waals surface area contributed by atoms with Crippen molar-refractivity contribution in [3.05, 3.63) is 46.5 Å². The predicted molar refractivity (Wildman–Crippen MR) is 129 cm³/mol. The van der Waals surface area contributed by atoms with E-state index in [0.717, 1.165) is 43.7 Å². The van der Waals surface area contributed by atoms with E-state index in [1.807, 2.05) is 12.1 Å². The Labute approximate surface area is 207 Å². The van der Waals surface area contributed by atoms with Crippen LogP contribution in [0.3, 0.4) is 0 Å². The zero-order chi connectivity index (χ0) is 24.4. The number of likely N-dealkylation sites (tertiary alicyclic amines) is 1. The molecule has 3 aromatic heterocycles. The summed E-state index contributed by atoms with van der Waals surface area (Å²) in [5.74, 6) is 0.290. The Morgan fingerprint density at radius 2 is 2.14 bits per heavy atom. The number of hydrogen-bond acceptors (Lipinski definition) is 8. The molecule has 0 unspecified atom stereocenters. The first-order valence-corrected chi connectivity index (χ1v) is 11.9. The molecule has 35 heavy (non-hydrogen) atoms. The lowest BCUT2D eigenvalue weighted by atomic mass is 10.0. The molecule has 2 N–H and O–H groups in total. The highest BCUT2D eigenvalue weighted by Gasteiger charge is 2.21. The second-order valence-corrected chi connectivity index (χ2v) is 9.07. The molecule has 5 heterocycles. The molecule has 0 spiro atoms. The summed E-state index contributed by atoms with van der Waals surface area (Å²) in [5, 5.41) is 6.84. The molecule has 1 fully saturated rings. The molecule has 11 heteroatoms. The van der Waals surface area contributed by atoms with Crippen LogP contribution in [0.1, 0.15) is 24.1 Å². The number of amides is 1. The van der Waals surface area contributed by atoms with E-state index >= 15 is 0 Å². The molecule has 0 aromatic carbocycles. The van der Waals surface area contributed by atoms with Crippen LogP contribution in [0.15, 0.2) is 24.4 Å². The maximum Gasteiger partial charge on any atom is 0.263 e. The number of aromatic nitrogens is 3. The predicted octanol–water partition coefficient (Wildman–Crippen LogP) is 2.95. The van der Waals surface area contributed by atoms with Crippen LogP contribution in [0, 0.1) is 5.82 Å². The number of carbonyl (C=O) groups excluding carboxylic acids is 1. The Balaban J connectivity index is 1.14. The standard InChI is InChI=1S/C24H26ClFN6O3/c1-34-24-18(26)10-19-22(31-24)16(17(25)12-28-19)6-9-32-7-4-14(5-8-32)27-11-15-2-3-20-23(29-15)30-21(33)13-35-20/h2-3,10,12,14,27H,4-9,11,13H2,1H3,(H,29,30,33). The minimum Gasteiger partial charge on any atom is -0.480 e. The SMILES string of the molecule is COc1nc2c(CCN3CCC(NCc4ccc5c(n4)NC(=O)CO5)CC3)c(Cl)cnc2cc1F. The first-order valence-electron chi connectivity index (χ1n) is 11.6. The van der Waals surface area contributed by atoms with E-state index in [2.05, 4.69) is 30.5 Å². The van der Waals surface area contributed by atoms with Crippen molar-refractivity contribution in [2.45, 2.75) is 31.8 Å². The summed E-state index contributed by atoms with van der Waals surface area (Å²) >= 11 is 6.43. The molecule has 5 rings (SSSR count). The molecule has 2 aliphatic heterocycles. The molecule has 0 aliphatic carbocycles. The van der Waals surface area contributed by atoms with Crippen LogP contribution >= 0.6 is 11.6 Å². The second-order valence-electron chi connectivity index (χ2n) is 8.66. The number of halogens is 2. The number of pyridine rings is 3. The molecule has 2 aliphatic rings. The van der Waals surface area contributed by atoms with Crippen molar-refractivity contribution in [2.24, 2.45) is 0 Å². The van der Waals surface area contributed by atoms with Crippen molar-refractivity contribution in [3.63, 3.8) is 0 Å². The molecule has 0 saturated carbocycles. The summed E-state index contributed by atoms with van der Waals surface area (Å²) in [6, 6.07) is 5.47. The van der Waals surface area contributed by atoms with Crippen LogP contribution in [0.5, 0.6) is 11.6 Å². The number of nitrogens with one attached hydrogen (secondary N) is 2. The van der Waals surface area contributed by atoms with E-state index in [1.165, 1.54) is 13.2 Å². The number of piperidine rings is 1. The maximum absolute atomic E-state index is 14.0. The van der Waals surface area contributed by atoms with E-state index < -0.39 is 5.82 Å². The monoisotopic (exact) mass is 500 g/mol. The summed E-state index contributed by atoms with van der Waals surface area (Å²) in [6.07, 6.45) is 4.25. The summed E-state index contributed by atoms with van der Waals surface area (Å²) in [6.45, 7) is 3.36. The van der Waals surface area contributed by atoms with Gasteiger partial charge in [-0.05, 0) is 44.5 Å². The number of carbonyl (C=O) groups is 1. The van der Waals surface area contributed by atoms with E-state index in [0.29, 0.717) is 46.6 Å². The number of anilines is 1. The number of methoxy groups -OCH3 is 1. The van der Waals surface area contributed by atoms with Gasteiger partial charge >= 0.3 is 0 Å². The van der Waals surface area contributed by atoms with Crippen LogP contribution in [0.2, 0.25) is 5.02 Å². The first-order chi connectivity index (χ1) is 17.0. The van der Waals surface area contributed by atoms with Gasteiger partial charge in [0, 0.05) is 37.0 Å². The fraction of sp³-hybridized carbons (Fsp3) is 0.417. The minimum atomic E-state index is -0.543. The number of nitrogens with zero attached hydrogens (tertiary/aromatic N) is 4. The first kappa shape index (κ1) is 23.7. The van der Waals surface area contributed by atoms with Gasteiger partial charge in [-0.3, -0.25) is 9.78 Å². The molecule has 1 amide bonds. The lowest BCUT2D eigenvalue weighted by Gasteiger charge is -2.32. The average molecular weight is 501 g/mol. The van der Waals surface area contributed by atoms with Crippen molar-refractivity contribution in [1.82, 2.24) is 25.2 Å². The van der Waals surface area contributed by atoms with Crippen LogP contribution in [-0.2, 0) is 17.8 Å². The quantitative estimate of drug-likeness (QED) is 0.510. The zero-order valence-corrected chi connectivity index (χ0v) is 20.1. The topological polar surface area (TPSA) is 102 Å². The van der Waals surface area contributed by atoms with Crippen molar-refractivity contribution in [3.8, 4) is 11.6 Å². The van der Waals surface area contributed by atoms with Gasteiger partial charge in [0.15, 0.2) is 24.0 Å². The molecular formula is C24H26ClFN6O3. The highest BCUT2D eigenvalue weighted by Crippen LogP contribution is 2.28. The lowest BCUT2D eigenvalue weighted by Crippen LogP contribution is -2.43. The molecule has 0 radical (unpaired) electrons. The van der Waals surface area contributed by atoms with Gasteiger partial charge in [0.05, 0.1) is 28.9 Å². The molecule has 184 valence electrons. The Morgan fingerprint density at radius 3 is 2.94 bits per heavy atom. The zero-order valence-electron chi connectivity index (χ0n) is 19.3. The maximum atomic E-state index is 14.0. The van der Waals surface area contributed by atoms with Gasteiger partial charge in [0.25, 0.3) is 11.8 Å². The smallest absolute Gasteiger partial charge is 0.263 e. The van der Waals surface area contributed by atoms with Gasteiger partial charge in [0.1, 0.15) is 0 Å². The van der Waals surface area contributed by atoms with Crippen LogP contribution in [0.25, 0.3) is 11.0 Å². The van der Waals surface area contributed by atoms with Crippen molar-refractivity contribution in [2.75, 3.05) is 38.7 Å². The summed E-state index contributed by atoms with van der Waals surface area (Å²) < 4.78 is 24.4. The Hall–Kier alpha value is -3.08. The third-order valence-corrected chi connectivity index (χ3v) is 6.70. The Morgan fingerprint density at radius 1 is 1.31 bits per heavy atom. The van der Waals surface area contributed by atoms with Crippen molar-refractivity contribution in [1.29, 1.82) is 0 Å². The van der Waals surface area contributed by atoms with Gasteiger partial charge in [-0.15, -0.1) is 0 Å². The second kappa shape index (κ2) is 10.3. The Bertz CT molecular complexity index is 1250. The van der Waals surface area contributed by atoms with Gasteiger partial charge in [-0.25, -0.2) is 14.4 Å². The average Bonchev–Trinajstić information content (AvgIpc) is 2.87. The van der Waals surface area contributed by atoms with E-state index in [1.54, 1.807) is 6.20 Å². The number of ether oxygens (including phenoxy) is 2. The number of fused-ring (bicyclic) bond motifs is 2. The van der Waals surface area contributed by atoms with E-state index in [9.17, 15) is 9.18 Å². The van der Waals surface area contributed by atoms with Gasteiger partial charge in [0.2, 0.25) is 0 Å². The molecule has 0 atom stereocenters. The molecule has 3 aromatic rings. The highest BCUT2D eigenvalue weighted by atomic mass is 35.5. The summed E-state index contributed by atoms with van der Waals surface area (Å²) in [4.78, 5) is 26.9. The summed E-state index contributed by atoms with van der Waals surface area (Å²) in [5.41, 5.74) is 2.75. The molecule has 9 nitrogen and oxygen atoms in total. The van der Waals surface area contributed by atoms with Crippen LogP contribution in [0.4, 0.5) is 10.2 Å². The molecule has 0 bridgehead atoms. The third kappa shape index (κ3) is 5.29. The molecule has 1 saturated heterocycles. The number of hydrogen-bond donors (Lipinski definition) is 2. The Kier molecular flexibility index (Phi) is 6.94. The summed E-state index contributed by atoms with van der Waals surface area (Å²) in [7, 11) is 1.39. The van der Waals surface area contributed by atoms with Crippen LogP contribution in [-0.4, -0.2) is 65.2 Å². The van der Waals surface area contributed by atoms with E-state index in [4.69, 9.17) is 21.1 Å². The van der Waals surface area contributed by atoms with Gasteiger partial charge in [-0.1, -0.05) is 11.6 Å². The fourth-order valence-electron chi connectivity index (χ4n) is 4.46. The van der Waals surface area contributed by atoms with Gasteiger partial charge in [-0.2, -0.15) is 0 Å². The normalized spacial score (nSPS) is 16.6. The number of rotatable bonds is 7. The van der Waals surface area contributed by atoms with Crippen LogP contribution < -0.4 is 20.1 Å². The van der Waals surface area contributed by atoms with Crippen molar-refractivity contribution >= 4 is 34.4 Å². The third-order valence-electron chi connectivity index (χ3n) is 6.38. The fourth-order valence-corrected chi connectivity index (χ4v) is 4.70. The highest BCUT2D eigenvalue weighted by molar-refractivity contribution is 6.32. The minimum absolute atomic E-state index is 0.0255. The molecular weight excluding hydrogens is 475 g/mol.